The molecule has 6 heteroatoms. The van der Waals surface area contributed by atoms with Crippen molar-refractivity contribution in [1.82, 2.24) is 9.55 Å². The minimum atomic E-state index is -0.506. The summed E-state index contributed by atoms with van der Waals surface area (Å²) in [5.41, 5.74) is 5.92. The number of aryl methyl sites for hydroxylation is 1. The highest BCUT2D eigenvalue weighted by Gasteiger charge is 2.47. The highest BCUT2D eigenvalue weighted by molar-refractivity contribution is 5.37. The van der Waals surface area contributed by atoms with Crippen LogP contribution in [0.1, 0.15) is 18.5 Å². The summed E-state index contributed by atoms with van der Waals surface area (Å²) in [4.78, 5) is 13.8. The Bertz CT molecular complexity index is 367. The summed E-state index contributed by atoms with van der Waals surface area (Å²) in [6, 6.07) is 0. The lowest BCUT2D eigenvalue weighted by Crippen LogP contribution is -2.23. The van der Waals surface area contributed by atoms with Gasteiger partial charge >= 0.3 is 5.82 Å². The summed E-state index contributed by atoms with van der Waals surface area (Å²) < 4.78 is 1.63. The van der Waals surface area contributed by atoms with Crippen molar-refractivity contribution in [3.8, 4) is 0 Å². The van der Waals surface area contributed by atoms with E-state index in [1.807, 2.05) is 0 Å². The average molecular weight is 182 g/mol. The van der Waals surface area contributed by atoms with Gasteiger partial charge in [0.15, 0.2) is 0 Å². The zero-order valence-electron chi connectivity index (χ0n) is 7.23. The van der Waals surface area contributed by atoms with Crippen LogP contribution in [-0.4, -0.2) is 14.5 Å². The van der Waals surface area contributed by atoms with Crippen LogP contribution < -0.4 is 5.73 Å². The second kappa shape index (κ2) is 2.29. The second-order valence-electron chi connectivity index (χ2n) is 3.44. The molecule has 0 aliphatic heterocycles. The molecule has 1 fully saturated rings. The van der Waals surface area contributed by atoms with Crippen LogP contribution in [0, 0.1) is 10.1 Å². The molecule has 1 heterocycles. The maximum absolute atomic E-state index is 10.6. The molecular formula is C7H10N4O2. The number of imidazole rings is 1. The van der Waals surface area contributed by atoms with E-state index in [1.54, 1.807) is 11.6 Å². The third-order valence-corrected chi connectivity index (χ3v) is 2.35. The Kier molecular flexibility index (Phi) is 1.44. The SMILES string of the molecule is Cn1cnc([N+](=O)[O-])c1C1(N)CC1. The van der Waals surface area contributed by atoms with Gasteiger partial charge in [-0.25, -0.2) is 0 Å². The number of nitrogens with zero attached hydrogens (tertiary/aromatic N) is 3. The number of rotatable bonds is 2. The fourth-order valence-corrected chi connectivity index (χ4v) is 1.50. The van der Waals surface area contributed by atoms with Gasteiger partial charge in [-0.05, 0) is 22.7 Å². The van der Waals surface area contributed by atoms with Gasteiger partial charge in [0.05, 0.1) is 5.54 Å². The molecule has 2 rings (SSSR count). The standard InChI is InChI=1S/C7H10N4O2/c1-10-4-9-6(11(12)13)5(10)7(8)2-3-7/h4H,2-3,8H2,1H3. The zero-order valence-corrected chi connectivity index (χ0v) is 7.23. The topological polar surface area (TPSA) is 87.0 Å². The van der Waals surface area contributed by atoms with Gasteiger partial charge in [0, 0.05) is 7.05 Å². The molecule has 1 aliphatic rings. The van der Waals surface area contributed by atoms with Crippen LogP contribution in [0.2, 0.25) is 0 Å². The lowest BCUT2D eigenvalue weighted by Gasteiger charge is -2.07. The van der Waals surface area contributed by atoms with Crippen molar-refractivity contribution in [3.05, 3.63) is 22.1 Å². The van der Waals surface area contributed by atoms with Crippen LogP contribution in [0.15, 0.2) is 6.33 Å². The van der Waals surface area contributed by atoms with E-state index < -0.39 is 10.5 Å². The predicted molar refractivity (Wildman–Crippen MR) is 45.0 cm³/mol. The van der Waals surface area contributed by atoms with Crippen molar-refractivity contribution in [2.75, 3.05) is 0 Å². The van der Waals surface area contributed by atoms with E-state index in [1.165, 1.54) is 6.33 Å². The fraction of sp³-hybridized carbons (Fsp3) is 0.571. The van der Waals surface area contributed by atoms with Crippen LogP contribution in [-0.2, 0) is 12.6 Å². The smallest absolute Gasteiger partial charge is 0.358 e. The van der Waals surface area contributed by atoms with Crippen LogP contribution in [0.4, 0.5) is 5.82 Å². The van der Waals surface area contributed by atoms with Gasteiger partial charge in [0.1, 0.15) is 5.69 Å². The third kappa shape index (κ3) is 1.10. The summed E-state index contributed by atoms with van der Waals surface area (Å²) in [6.07, 6.45) is 3.03. The highest BCUT2D eigenvalue weighted by atomic mass is 16.6. The number of aromatic nitrogens is 2. The summed E-state index contributed by atoms with van der Waals surface area (Å²) in [5, 5.41) is 10.6. The Hall–Kier alpha value is -1.43. The predicted octanol–water partition coefficient (Wildman–Crippen LogP) is 0.276. The van der Waals surface area contributed by atoms with Gasteiger partial charge in [-0.3, -0.25) is 0 Å². The van der Waals surface area contributed by atoms with E-state index >= 15 is 0 Å². The monoisotopic (exact) mass is 182 g/mol. The maximum Gasteiger partial charge on any atom is 0.386 e. The first-order valence-electron chi connectivity index (χ1n) is 4.00. The fourth-order valence-electron chi connectivity index (χ4n) is 1.50. The molecule has 0 amide bonds. The van der Waals surface area contributed by atoms with Gasteiger partial charge in [-0.15, -0.1) is 0 Å². The molecule has 0 radical (unpaired) electrons. The minimum Gasteiger partial charge on any atom is -0.358 e. The molecular weight excluding hydrogens is 172 g/mol. The Morgan fingerprint density at radius 2 is 2.38 bits per heavy atom. The van der Waals surface area contributed by atoms with Gasteiger partial charge < -0.3 is 20.4 Å². The molecule has 1 aromatic rings. The van der Waals surface area contributed by atoms with Crippen LogP contribution in [0.3, 0.4) is 0 Å². The first kappa shape index (κ1) is 8.18. The zero-order chi connectivity index (χ0) is 9.64. The molecule has 0 unspecified atom stereocenters. The van der Waals surface area contributed by atoms with Gasteiger partial charge in [0.2, 0.25) is 6.33 Å². The number of hydrogen-bond acceptors (Lipinski definition) is 4. The Morgan fingerprint density at radius 1 is 1.77 bits per heavy atom. The largest absolute Gasteiger partial charge is 0.386 e. The number of nitrogens with two attached hydrogens (primary N) is 1. The second-order valence-corrected chi connectivity index (χ2v) is 3.44. The Labute approximate surface area is 74.5 Å². The van der Waals surface area contributed by atoms with E-state index in [-0.39, 0.29) is 5.82 Å². The molecule has 0 saturated heterocycles. The lowest BCUT2D eigenvalue weighted by atomic mass is 10.2. The van der Waals surface area contributed by atoms with Crippen LogP contribution >= 0.6 is 0 Å². The molecule has 0 bridgehead atoms. The number of hydrogen-bond donors (Lipinski definition) is 1. The van der Waals surface area contributed by atoms with Gasteiger partial charge in [0.25, 0.3) is 0 Å². The van der Waals surface area contributed by atoms with E-state index in [2.05, 4.69) is 4.98 Å². The van der Waals surface area contributed by atoms with Crippen LogP contribution in [0.25, 0.3) is 0 Å². The van der Waals surface area contributed by atoms with Crippen molar-refractivity contribution in [3.63, 3.8) is 0 Å². The summed E-state index contributed by atoms with van der Waals surface area (Å²) >= 11 is 0. The molecule has 1 aromatic heterocycles. The first-order chi connectivity index (χ1) is 6.04. The molecule has 70 valence electrons. The maximum atomic E-state index is 10.6. The van der Waals surface area contributed by atoms with Crippen molar-refractivity contribution in [2.24, 2.45) is 12.8 Å². The van der Waals surface area contributed by atoms with Gasteiger partial charge in [-0.2, -0.15) is 0 Å². The molecule has 13 heavy (non-hydrogen) atoms. The summed E-state index contributed by atoms with van der Waals surface area (Å²) in [5.74, 6) is -0.109. The third-order valence-electron chi connectivity index (χ3n) is 2.35. The average Bonchev–Trinajstić information content (AvgIpc) is 2.62. The number of nitro groups is 1. The van der Waals surface area contributed by atoms with Crippen molar-refractivity contribution in [2.45, 2.75) is 18.4 Å². The first-order valence-corrected chi connectivity index (χ1v) is 4.00. The molecule has 1 aliphatic carbocycles. The molecule has 0 spiro atoms. The van der Waals surface area contributed by atoms with E-state index in [0.717, 1.165) is 12.8 Å². The van der Waals surface area contributed by atoms with E-state index in [4.69, 9.17) is 5.73 Å². The molecule has 6 nitrogen and oxygen atoms in total. The van der Waals surface area contributed by atoms with E-state index in [9.17, 15) is 10.1 Å². The van der Waals surface area contributed by atoms with Crippen molar-refractivity contribution in [1.29, 1.82) is 0 Å². The molecule has 2 N–H and O–H groups in total. The quantitative estimate of drug-likeness (QED) is 0.525. The normalized spacial score (nSPS) is 18.6. The highest BCUT2D eigenvalue weighted by Crippen LogP contribution is 2.45. The molecule has 1 saturated carbocycles. The summed E-state index contributed by atoms with van der Waals surface area (Å²) in [6.45, 7) is 0. The lowest BCUT2D eigenvalue weighted by molar-refractivity contribution is -0.390. The minimum absolute atomic E-state index is 0.109. The Balaban J connectivity index is 2.53. The summed E-state index contributed by atoms with van der Waals surface area (Å²) in [7, 11) is 1.72. The van der Waals surface area contributed by atoms with E-state index in [0.29, 0.717) is 5.69 Å². The van der Waals surface area contributed by atoms with Gasteiger partial charge in [-0.1, -0.05) is 0 Å². The van der Waals surface area contributed by atoms with Crippen LogP contribution in [0.5, 0.6) is 0 Å². The molecule has 0 aromatic carbocycles. The van der Waals surface area contributed by atoms with Crippen molar-refractivity contribution < 1.29 is 4.92 Å². The molecule has 0 atom stereocenters. The Morgan fingerprint density at radius 3 is 2.85 bits per heavy atom. The van der Waals surface area contributed by atoms with Crippen molar-refractivity contribution >= 4 is 5.82 Å².